The maximum atomic E-state index is 4.76. The van der Waals surface area contributed by atoms with Crippen LogP contribution < -0.4 is 5.32 Å². The van der Waals surface area contributed by atoms with Gasteiger partial charge in [-0.3, -0.25) is 9.88 Å². The van der Waals surface area contributed by atoms with Gasteiger partial charge in [-0.15, -0.1) is 0 Å². The Bertz CT molecular complexity index is 407. The second-order valence-electron chi connectivity index (χ2n) is 5.86. The average molecular weight is 276 g/mol. The quantitative estimate of drug-likeness (QED) is 0.802. The van der Waals surface area contributed by atoms with Gasteiger partial charge >= 0.3 is 0 Å². The fourth-order valence-electron chi connectivity index (χ4n) is 2.61. The third-order valence-corrected chi connectivity index (χ3v) is 4.03. The minimum atomic E-state index is 0.637. The van der Waals surface area contributed by atoms with Gasteiger partial charge in [-0.2, -0.15) is 0 Å². The Morgan fingerprint density at radius 3 is 2.85 bits per heavy atom. The normalized spacial score (nSPS) is 21.2. The van der Waals surface area contributed by atoms with Gasteiger partial charge in [0.05, 0.1) is 11.4 Å². The van der Waals surface area contributed by atoms with E-state index >= 15 is 0 Å². The van der Waals surface area contributed by atoms with E-state index in [1.54, 1.807) is 0 Å². The van der Waals surface area contributed by atoms with Crippen molar-refractivity contribution in [1.29, 1.82) is 0 Å². The third kappa shape index (κ3) is 4.54. The van der Waals surface area contributed by atoms with Gasteiger partial charge in [-0.05, 0) is 39.1 Å². The minimum Gasteiger partial charge on any atom is -0.311 e. The van der Waals surface area contributed by atoms with E-state index in [9.17, 15) is 0 Å². The number of nitrogens with one attached hydrogen (secondary N) is 1. The minimum absolute atomic E-state index is 0.637. The van der Waals surface area contributed by atoms with E-state index in [2.05, 4.69) is 54.2 Å². The number of rotatable bonds is 6. The molecule has 1 aliphatic rings. The van der Waals surface area contributed by atoms with E-state index in [4.69, 9.17) is 4.98 Å². The van der Waals surface area contributed by atoms with E-state index in [0.29, 0.717) is 6.04 Å². The van der Waals surface area contributed by atoms with Gasteiger partial charge in [-0.1, -0.05) is 13.0 Å². The van der Waals surface area contributed by atoms with Crippen molar-refractivity contribution in [3.05, 3.63) is 29.6 Å². The summed E-state index contributed by atoms with van der Waals surface area (Å²) in [6, 6.07) is 7.02. The number of hydrogen-bond acceptors (Lipinski definition) is 4. The van der Waals surface area contributed by atoms with Crippen LogP contribution in [0.4, 0.5) is 0 Å². The Morgan fingerprint density at radius 1 is 1.30 bits per heavy atom. The van der Waals surface area contributed by atoms with Crippen molar-refractivity contribution in [3.8, 4) is 0 Å². The molecule has 112 valence electrons. The van der Waals surface area contributed by atoms with Crippen molar-refractivity contribution in [2.45, 2.75) is 39.4 Å². The van der Waals surface area contributed by atoms with Gasteiger partial charge in [0.1, 0.15) is 0 Å². The summed E-state index contributed by atoms with van der Waals surface area (Å²) in [4.78, 5) is 9.70. The summed E-state index contributed by atoms with van der Waals surface area (Å²) in [5.41, 5.74) is 2.34. The van der Waals surface area contributed by atoms with Gasteiger partial charge in [0.15, 0.2) is 0 Å². The molecule has 1 unspecified atom stereocenters. The van der Waals surface area contributed by atoms with Gasteiger partial charge in [-0.25, -0.2) is 0 Å². The maximum Gasteiger partial charge on any atom is 0.0547 e. The molecule has 0 radical (unpaired) electrons. The Morgan fingerprint density at radius 2 is 2.10 bits per heavy atom. The molecule has 0 aromatic carbocycles. The molecule has 2 heterocycles. The summed E-state index contributed by atoms with van der Waals surface area (Å²) in [6.07, 6.45) is 1.17. The van der Waals surface area contributed by atoms with E-state index in [-0.39, 0.29) is 0 Å². The average Bonchev–Trinajstić information content (AvgIpc) is 2.44. The largest absolute Gasteiger partial charge is 0.311 e. The number of pyridine rings is 1. The predicted molar refractivity (Wildman–Crippen MR) is 83.6 cm³/mol. The molecule has 20 heavy (non-hydrogen) atoms. The van der Waals surface area contributed by atoms with Crippen LogP contribution in [-0.2, 0) is 13.1 Å². The highest BCUT2D eigenvalue weighted by atomic mass is 15.3. The lowest BCUT2D eigenvalue weighted by Gasteiger charge is -2.37. The number of nitrogens with zero attached hydrogens (tertiary/aromatic N) is 3. The second-order valence-corrected chi connectivity index (χ2v) is 5.86. The number of piperazine rings is 1. The molecule has 1 aromatic heterocycles. The van der Waals surface area contributed by atoms with Gasteiger partial charge < -0.3 is 10.2 Å². The van der Waals surface area contributed by atoms with Crippen molar-refractivity contribution < 1.29 is 0 Å². The zero-order valence-corrected chi connectivity index (χ0v) is 13.1. The highest BCUT2D eigenvalue weighted by Gasteiger charge is 2.20. The van der Waals surface area contributed by atoms with Crippen LogP contribution in [-0.4, -0.2) is 54.1 Å². The fraction of sp³-hybridized carbons (Fsp3) is 0.688. The van der Waals surface area contributed by atoms with Crippen molar-refractivity contribution in [2.75, 3.05) is 33.2 Å². The monoisotopic (exact) mass is 276 g/mol. The van der Waals surface area contributed by atoms with Crippen LogP contribution in [0.1, 0.15) is 31.7 Å². The van der Waals surface area contributed by atoms with Crippen LogP contribution in [0.3, 0.4) is 0 Å². The van der Waals surface area contributed by atoms with Crippen LogP contribution in [0.15, 0.2) is 18.2 Å². The lowest BCUT2D eigenvalue weighted by atomic mass is 10.2. The van der Waals surface area contributed by atoms with E-state index in [1.165, 1.54) is 12.1 Å². The first kappa shape index (κ1) is 15.4. The van der Waals surface area contributed by atoms with Gasteiger partial charge in [0.25, 0.3) is 0 Å². The topological polar surface area (TPSA) is 31.4 Å². The van der Waals surface area contributed by atoms with Crippen LogP contribution in [0.2, 0.25) is 0 Å². The number of aromatic nitrogens is 1. The summed E-state index contributed by atoms with van der Waals surface area (Å²) in [5, 5.41) is 3.41. The summed E-state index contributed by atoms with van der Waals surface area (Å²) < 4.78 is 0. The summed E-state index contributed by atoms with van der Waals surface area (Å²) >= 11 is 0. The lowest BCUT2D eigenvalue weighted by molar-refractivity contribution is 0.0990. The second kappa shape index (κ2) is 7.72. The van der Waals surface area contributed by atoms with Crippen molar-refractivity contribution >= 4 is 0 Å². The molecular formula is C16H28N4. The van der Waals surface area contributed by atoms with Crippen molar-refractivity contribution in [1.82, 2.24) is 20.1 Å². The highest BCUT2D eigenvalue weighted by molar-refractivity contribution is 5.11. The molecular weight excluding hydrogens is 248 g/mol. The maximum absolute atomic E-state index is 4.76. The van der Waals surface area contributed by atoms with Crippen LogP contribution in [0.25, 0.3) is 0 Å². The number of likely N-dealkylation sites (N-methyl/N-ethyl adjacent to an activating group) is 1. The molecule has 0 amide bonds. The van der Waals surface area contributed by atoms with Gasteiger partial charge in [0, 0.05) is 38.8 Å². The van der Waals surface area contributed by atoms with Crippen LogP contribution in [0, 0.1) is 0 Å². The molecule has 1 N–H and O–H groups in total. The molecule has 0 spiro atoms. The molecule has 0 saturated carbocycles. The Balaban J connectivity index is 1.87. The first-order valence-corrected chi connectivity index (χ1v) is 7.77. The van der Waals surface area contributed by atoms with Crippen molar-refractivity contribution in [2.24, 2.45) is 0 Å². The van der Waals surface area contributed by atoms with E-state index in [1.807, 2.05) is 0 Å². The first-order chi connectivity index (χ1) is 9.69. The number of hydrogen-bond donors (Lipinski definition) is 1. The van der Waals surface area contributed by atoms with Crippen molar-refractivity contribution in [3.63, 3.8) is 0 Å². The first-order valence-electron chi connectivity index (χ1n) is 7.77. The Labute approximate surface area is 123 Å². The molecule has 0 aliphatic carbocycles. The zero-order valence-electron chi connectivity index (χ0n) is 13.1. The Kier molecular flexibility index (Phi) is 5.95. The fourth-order valence-corrected chi connectivity index (χ4v) is 2.61. The molecule has 4 nitrogen and oxygen atoms in total. The molecule has 1 saturated heterocycles. The molecule has 4 heteroatoms. The molecule has 1 atom stereocenters. The van der Waals surface area contributed by atoms with E-state index in [0.717, 1.165) is 45.0 Å². The highest BCUT2D eigenvalue weighted by Crippen LogP contribution is 2.10. The smallest absolute Gasteiger partial charge is 0.0547 e. The molecule has 2 rings (SSSR count). The standard InChI is InChI=1S/C16H28N4/c1-4-8-17-11-15-6-5-7-16(18-15)13-20-10-9-19(3)14(2)12-20/h5-7,14,17H,4,8-13H2,1-3H3. The SMILES string of the molecule is CCCNCc1cccc(CN2CCN(C)C(C)C2)n1. The summed E-state index contributed by atoms with van der Waals surface area (Å²) in [7, 11) is 2.21. The third-order valence-electron chi connectivity index (χ3n) is 4.03. The Hall–Kier alpha value is -0.970. The van der Waals surface area contributed by atoms with E-state index < -0.39 is 0 Å². The summed E-state index contributed by atoms with van der Waals surface area (Å²) in [6.45, 7) is 10.8. The lowest BCUT2D eigenvalue weighted by Crippen LogP contribution is -2.49. The zero-order chi connectivity index (χ0) is 14.4. The molecule has 1 aromatic rings. The van der Waals surface area contributed by atoms with Gasteiger partial charge in [0.2, 0.25) is 0 Å². The van der Waals surface area contributed by atoms with Crippen LogP contribution in [0.5, 0.6) is 0 Å². The predicted octanol–water partition coefficient (Wildman–Crippen LogP) is 1.72. The summed E-state index contributed by atoms with van der Waals surface area (Å²) in [5.74, 6) is 0. The molecule has 1 aliphatic heterocycles. The van der Waals surface area contributed by atoms with Crippen LogP contribution >= 0.6 is 0 Å². The molecule has 0 bridgehead atoms. The molecule has 1 fully saturated rings.